The number of carbonyl (C=O) groups is 1. The van der Waals surface area contributed by atoms with E-state index in [9.17, 15) is 4.79 Å². The minimum atomic E-state index is -0.644. The third kappa shape index (κ3) is 1.02. The summed E-state index contributed by atoms with van der Waals surface area (Å²) in [6.07, 6.45) is 0.862. The lowest BCUT2D eigenvalue weighted by Gasteiger charge is -1.83. The molecule has 0 spiro atoms. The SMILES string of the molecule is O=C(O)C1C[C@@H]1CBr. The van der Waals surface area contributed by atoms with Crippen LogP contribution in [0.1, 0.15) is 6.42 Å². The Balaban J connectivity index is 2.26. The first-order chi connectivity index (χ1) is 3.75. The van der Waals surface area contributed by atoms with Crippen molar-refractivity contribution in [2.24, 2.45) is 11.8 Å². The van der Waals surface area contributed by atoms with E-state index in [1.807, 2.05) is 0 Å². The lowest BCUT2D eigenvalue weighted by molar-refractivity contribution is -0.138. The quantitative estimate of drug-likeness (QED) is 0.644. The average molecular weight is 179 g/mol. The van der Waals surface area contributed by atoms with Crippen LogP contribution in [0.3, 0.4) is 0 Å². The molecule has 0 aromatic carbocycles. The van der Waals surface area contributed by atoms with Gasteiger partial charge in [-0.15, -0.1) is 0 Å². The highest BCUT2D eigenvalue weighted by Crippen LogP contribution is 2.39. The maximum Gasteiger partial charge on any atom is 0.306 e. The number of hydrogen-bond donors (Lipinski definition) is 1. The molecule has 3 heteroatoms. The van der Waals surface area contributed by atoms with Crippen molar-refractivity contribution < 1.29 is 9.90 Å². The number of rotatable bonds is 2. The zero-order chi connectivity index (χ0) is 6.15. The molecule has 1 aliphatic rings. The molecule has 0 saturated heterocycles. The summed E-state index contributed by atoms with van der Waals surface area (Å²) in [5, 5.41) is 9.17. The van der Waals surface area contributed by atoms with Gasteiger partial charge in [-0.2, -0.15) is 0 Å². The van der Waals surface area contributed by atoms with Crippen LogP contribution in [-0.2, 0) is 4.79 Å². The van der Waals surface area contributed by atoms with E-state index in [-0.39, 0.29) is 5.92 Å². The largest absolute Gasteiger partial charge is 0.481 e. The topological polar surface area (TPSA) is 37.3 Å². The molecular formula is C5H7BrO2. The van der Waals surface area contributed by atoms with E-state index in [4.69, 9.17) is 5.11 Å². The number of carboxylic acids is 1. The predicted molar refractivity (Wildman–Crippen MR) is 33.0 cm³/mol. The second-order valence-corrected chi connectivity index (χ2v) is 2.74. The summed E-state index contributed by atoms with van der Waals surface area (Å²) < 4.78 is 0. The van der Waals surface area contributed by atoms with Crippen LogP contribution in [0.2, 0.25) is 0 Å². The minimum Gasteiger partial charge on any atom is -0.481 e. The fourth-order valence-corrected chi connectivity index (χ4v) is 1.44. The number of hydrogen-bond acceptors (Lipinski definition) is 1. The number of carboxylic acid groups (broad SMARTS) is 1. The molecule has 1 fully saturated rings. The fraction of sp³-hybridized carbons (Fsp3) is 0.800. The highest BCUT2D eigenvalue weighted by atomic mass is 79.9. The summed E-state index contributed by atoms with van der Waals surface area (Å²) in [7, 11) is 0. The first-order valence-corrected chi connectivity index (χ1v) is 3.66. The highest BCUT2D eigenvalue weighted by Gasteiger charge is 2.41. The van der Waals surface area contributed by atoms with E-state index < -0.39 is 5.97 Å². The molecule has 0 aliphatic heterocycles. The smallest absolute Gasteiger partial charge is 0.306 e. The van der Waals surface area contributed by atoms with Crippen molar-refractivity contribution in [3.8, 4) is 0 Å². The summed E-state index contributed by atoms with van der Waals surface area (Å²) in [6.45, 7) is 0. The Hall–Kier alpha value is -0.0500. The Morgan fingerprint density at radius 3 is 2.62 bits per heavy atom. The summed E-state index contributed by atoms with van der Waals surface area (Å²) in [5.41, 5.74) is 0. The number of alkyl halides is 1. The van der Waals surface area contributed by atoms with E-state index >= 15 is 0 Å². The van der Waals surface area contributed by atoms with Crippen LogP contribution in [0.15, 0.2) is 0 Å². The van der Waals surface area contributed by atoms with Crippen LogP contribution in [0.4, 0.5) is 0 Å². The minimum absolute atomic E-state index is 0.0469. The monoisotopic (exact) mass is 178 g/mol. The molecule has 1 N–H and O–H groups in total. The van der Waals surface area contributed by atoms with Crippen molar-refractivity contribution >= 4 is 21.9 Å². The van der Waals surface area contributed by atoms with Crippen molar-refractivity contribution in [3.63, 3.8) is 0 Å². The Morgan fingerprint density at radius 2 is 2.50 bits per heavy atom. The van der Waals surface area contributed by atoms with Gasteiger partial charge in [0.1, 0.15) is 0 Å². The molecule has 0 radical (unpaired) electrons. The summed E-state index contributed by atoms with van der Waals surface area (Å²) >= 11 is 3.22. The Morgan fingerprint density at radius 1 is 1.88 bits per heavy atom. The number of halogens is 1. The lowest BCUT2D eigenvalue weighted by atomic mass is 10.3. The molecule has 0 aromatic heterocycles. The van der Waals surface area contributed by atoms with Gasteiger partial charge >= 0.3 is 5.97 Å². The molecule has 1 aliphatic carbocycles. The molecule has 1 saturated carbocycles. The molecular weight excluding hydrogens is 172 g/mol. The Kier molecular flexibility index (Phi) is 1.56. The van der Waals surface area contributed by atoms with Crippen LogP contribution in [-0.4, -0.2) is 16.4 Å². The van der Waals surface area contributed by atoms with Crippen LogP contribution in [0, 0.1) is 11.8 Å². The highest BCUT2D eigenvalue weighted by molar-refractivity contribution is 9.09. The van der Waals surface area contributed by atoms with Crippen molar-refractivity contribution in [2.45, 2.75) is 6.42 Å². The van der Waals surface area contributed by atoms with Gasteiger partial charge in [-0.3, -0.25) is 4.79 Å². The van der Waals surface area contributed by atoms with Crippen LogP contribution in [0.25, 0.3) is 0 Å². The van der Waals surface area contributed by atoms with Gasteiger partial charge < -0.3 is 5.11 Å². The van der Waals surface area contributed by atoms with E-state index in [1.54, 1.807) is 0 Å². The van der Waals surface area contributed by atoms with E-state index in [1.165, 1.54) is 0 Å². The molecule has 8 heavy (non-hydrogen) atoms. The first kappa shape index (κ1) is 6.08. The second-order valence-electron chi connectivity index (χ2n) is 2.09. The molecule has 2 nitrogen and oxygen atoms in total. The molecule has 2 atom stereocenters. The maximum atomic E-state index is 10.1. The van der Waals surface area contributed by atoms with Gasteiger partial charge in [0.15, 0.2) is 0 Å². The van der Waals surface area contributed by atoms with Gasteiger partial charge in [-0.1, -0.05) is 15.9 Å². The molecule has 0 aromatic rings. The molecule has 0 heterocycles. The Labute approximate surface area is 56.0 Å². The van der Waals surface area contributed by atoms with Crippen molar-refractivity contribution in [3.05, 3.63) is 0 Å². The second kappa shape index (κ2) is 2.05. The van der Waals surface area contributed by atoms with Crippen LogP contribution >= 0.6 is 15.9 Å². The third-order valence-corrected chi connectivity index (χ3v) is 2.27. The van der Waals surface area contributed by atoms with Gasteiger partial charge in [-0.05, 0) is 12.3 Å². The molecule has 1 rings (SSSR count). The zero-order valence-corrected chi connectivity index (χ0v) is 5.89. The van der Waals surface area contributed by atoms with Gasteiger partial charge in [0.2, 0.25) is 0 Å². The standard InChI is InChI=1S/C5H7BrO2/c6-2-3-1-4(3)5(7)8/h3-4H,1-2H2,(H,7,8)/t3-,4?/m1/s1. The van der Waals surface area contributed by atoms with Gasteiger partial charge in [0.25, 0.3) is 0 Å². The first-order valence-electron chi connectivity index (χ1n) is 2.54. The molecule has 0 amide bonds. The average Bonchev–Trinajstić information content (AvgIpc) is 2.42. The zero-order valence-electron chi connectivity index (χ0n) is 4.30. The van der Waals surface area contributed by atoms with Crippen LogP contribution < -0.4 is 0 Å². The fourth-order valence-electron chi connectivity index (χ4n) is 0.721. The van der Waals surface area contributed by atoms with Crippen molar-refractivity contribution in [1.82, 2.24) is 0 Å². The van der Waals surface area contributed by atoms with Gasteiger partial charge in [0, 0.05) is 5.33 Å². The lowest BCUT2D eigenvalue weighted by Crippen LogP contribution is -1.99. The van der Waals surface area contributed by atoms with E-state index in [0.29, 0.717) is 5.92 Å². The van der Waals surface area contributed by atoms with Crippen molar-refractivity contribution in [1.29, 1.82) is 0 Å². The van der Waals surface area contributed by atoms with Crippen LogP contribution in [0.5, 0.6) is 0 Å². The van der Waals surface area contributed by atoms with Gasteiger partial charge in [0.05, 0.1) is 5.92 Å². The van der Waals surface area contributed by atoms with Gasteiger partial charge in [-0.25, -0.2) is 0 Å². The molecule has 1 unspecified atom stereocenters. The predicted octanol–water partition coefficient (Wildman–Crippen LogP) is 1.10. The third-order valence-electron chi connectivity index (χ3n) is 1.44. The summed E-state index contributed by atoms with van der Waals surface area (Å²) in [6, 6.07) is 0. The Bertz CT molecular complexity index is 113. The van der Waals surface area contributed by atoms with Crippen molar-refractivity contribution in [2.75, 3.05) is 5.33 Å². The maximum absolute atomic E-state index is 10.1. The normalized spacial score (nSPS) is 34.6. The molecule has 0 bridgehead atoms. The summed E-state index contributed by atoms with van der Waals surface area (Å²) in [4.78, 5) is 10.1. The number of aliphatic carboxylic acids is 1. The van der Waals surface area contributed by atoms with E-state index in [2.05, 4.69) is 15.9 Å². The summed E-state index contributed by atoms with van der Waals surface area (Å²) in [5.74, 6) is -0.281. The van der Waals surface area contributed by atoms with E-state index in [0.717, 1.165) is 11.8 Å². The molecule has 46 valence electrons.